The summed E-state index contributed by atoms with van der Waals surface area (Å²) in [5.74, 6) is 0.268. The number of nitrogens with one attached hydrogen (secondary N) is 2. The number of furan rings is 1. The summed E-state index contributed by atoms with van der Waals surface area (Å²) in [6, 6.07) is 9.29. The van der Waals surface area contributed by atoms with Gasteiger partial charge in [-0.2, -0.15) is 5.10 Å². The van der Waals surface area contributed by atoms with Gasteiger partial charge >= 0.3 is 0 Å². The van der Waals surface area contributed by atoms with Crippen molar-refractivity contribution in [3.63, 3.8) is 0 Å². The number of carbonyl (C=O) groups is 1. The predicted molar refractivity (Wildman–Crippen MR) is 92.5 cm³/mol. The first-order chi connectivity index (χ1) is 10.0. The maximum absolute atomic E-state index is 11.6. The molecule has 0 fully saturated rings. The van der Waals surface area contributed by atoms with Crippen LogP contribution in [0.4, 0.5) is 5.69 Å². The molecule has 0 saturated carbocycles. The highest BCUT2D eigenvalue weighted by Crippen LogP contribution is 2.25. The fraction of sp³-hybridized carbons (Fsp3) is 0.0769. The monoisotopic (exact) mass is 477 g/mol. The number of benzene rings is 1. The van der Waals surface area contributed by atoms with Crippen LogP contribution in [0.1, 0.15) is 5.76 Å². The number of halogens is 3. The molecule has 0 radical (unpaired) electrons. The van der Waals surface area contributed by atoms with Gasteiger partial charge in [-0.3, -0.25) is 4.79 Å². The van der Waals surface area contributed by atoms with Crippen molar-refractivity contribution in [3.8, 4) is 0 Å². The van der Waals surface area contributed by atoms with Crippen LogP contribution in [0, 0.1) is 0 Å². The van der Waals surface area contributed by atoms with Crippen LogP contribution in [-0.2, 0) is 4.79 Å². The Morgan fingerprint density at radius 3 is 2.76 bits per heavy atom. The van der Waals surface area contributed by atoms with E-state index in [1.807, 2.05) is 24.3 Å². The number of hydrogen-bond donors (Lipinski definition) is 2. The molecule has 21 heavy (non-hydrogen) atoms. The molecule has 8 heteroatoms. The highest BCUT2D eigenvalue weighted by Gasteiger charge is 2.04. The second-order valence-electron chi connectivity index (χ2n) is 3.93. The number of nitrogens with zero attached hydrogens (tertiary/aromatic N) is 1. The third kappa shape index (κ3) is 5.29. The van der Waals surface area contributed by atoms with E-state index >= 15 is 0 Å². The summed E-state index contributed by atoms with van der Waals surface area (Å²) in [4.78, 5) is 11.6. The van der Waals surface area contributed by atoms with E-state index < -0.39 is 0 Å². The van der Waals surface area contributed by atoms with Crippen molar-refractivity contribution in [2.45, 2.75) is 0 Å². The molecular weight excluding hydrogens is 470 g/mol. The van der Waals surface area contributed by atoms with E-state index in [9.17, 15) is 4.79 Å². The fourth-order valence-corrected chi connectivity index (χ4v) is 2.42. The van der Waals surface area contributed by atoms with Gasteiger partial charge in [0.25, 0.3) is 5.91 Å². The minimum absolute atomic E-state index is 0.124. The van der Waals surface area contributed by atoms with Gasteiger partial charge in [0.15, 0.2) is 4.67 Å². The minimum atomic E-state index is -0.254. The molecule has 0 aliphatic carbocycles. The van der Waals surface area contributed by atoms with Crippen molar-refractivity contribution in [2.24, 2.45) is 5.10 Å². The SMILES string of the molecule is O=C(CNc1cccc(Br)c1)N/N=C/c1cc(Br)c(Br)o1. The van der Waals surface area contributed by atoms with Crippen LogP contribution in [0.3, 0.4) is 0 Å². The number of rotatable bonds is 5. The molecule has 1 aromatic carbocycles. The molecule has 2 N–H and O–H groups in total. The zero-order chi connectivity index (χ0) is 15.2. The lowest BCUT2D eigenvalue weighted by molar-refractivity contribution is -0.119. The van der Waals surface area contributed by atoms with Crippen molar-refractivity contribution in [1.82, 2.24) is 5.43 Å². The normalized spacial score (nSPS) is 10.8. The molecule has 5 nitrogen and oxygen atoms in total. The number of anilines is 1. The van der Waals surface area contributed by atoms with Crippen molar-refractivity contribution in [2.75, 3.05) is 11.9 Å². The predicted octanol–water partition coefficient (Wildman–Crippen LogP) is 4.13. The second kappa shape index (κ2) is 7.77. The number of hydrazone groups is 1. The number of carbonyl (C=O) groups excluding carboxylic acids is 1. The summed E-state index contributed by atoms with van der Waals surface area (Å²) in [5, 5.41) is 6.81. The van der Waals surface area contributed by atoms with Crippen molar-refractivity contribution < 1.29 is 9.21 Å². The molecule has 0 unspecified atom stereocenters. The fourth-order valence-electron chi connectivity index (χ4n) is 1.42. The van der Waals surface area contributed by atoms with Crippen LogP contribution in [0.2, 0.25) is 0 Å². The molecule has 1 amide bonds. The van der Waals surface area contributed by atoms with E-state index in [4.69, 9.17) is 4.42 Å². The zero-order valence-corrected chi connectivity index (χ0v) is 15.3. The van der Waals surface area contributed by atoms with Gasteiger partial charge < -0.3 is 9.73 Å². The quantitative estimate of drug-likeness (QED) is 0.500. The van der Waals surface area contributed by atoms with Gasteiger partial charge in [0.1, 0.15) is 5.76 Å². The van der Waals surface area contributed by atoms with Gasteiger partial charge in [0.2, 0.25) is 0 Å². The van der Waals surface area contributed by atoms with E-state index in [1.165, 1.54) is 6.21 Å². The van der Waals surface area contributed by atoms with Crippen LogP contribution in [0.5, 0.6) is 0 Å². The summed E-state index contributed by atoms with van der Waals surface area (Å²) in [6.07, 6.45) is 1.42. The molecule has 1 heterocycles. The molecule has 0 aliphatic heterocycles. The van der Waals surface area contributed by atoms with Crippen LogP contribution < -0.4 is 10.7 Å². The molecule has 0 spiro atoms. The molecule has 110 valence electrons. The topological polar surface area (TPSA) is 66.6 Å². The Hall–Kier alpha value is -1.12. The lowest BCUT2D eigenvalue weighted by Crippen LogP contribution is -2.25. The van der Waals surface area contributed by atoms with E-state index in [0.717, 1.165) is 14.6 Å². The van der Waals surface area contributed by atoms with Gasteiger partial charge in [-0.05, 0) is 50.1 Å². The standard InChI is InChI=1S/C13H10Br3N3O2/c14-8-2-1-3-9(4-8)17-7-12(20)19-18-6-10-5-11(15)13(16)21-10/h1-6,17H,7H2,(H,19,20)/b18-6+. The zero-order valence-electron chi connectivity index (χ0n) is 10.6. The Bertz CT molecular complexity index is 651. The third-order valence-electron chi connectivity index (χ3n) is 2.32. The second-order valence-corrected chi connectivity index (χ2v) is 6.42. The average Bonchev–Trinajstić information content (AvgIpc) is 2.75. The van der Waals surface area contributed by atoms with Crippen molar-refractivity contribution >= 4 is 65.6 Å². The van der Waals surface area contributed by atoms with Crippen LogP contribution in [0.15, 0.2) is 53.5 Å². The smallest absolute Gasteiger partial charge is 0.259 e. The maximum atomic E-state index is 11.6. The van der Waals surface area contributed by atoms with E-state index in [-0.39, 0.29) is 12.5 Å². The Morgan fingerprint density at radius 2 is 2.10 bits per heavy atom. The first-order valence-corrected chi connectivity index (χ1v) is 8.18. The Morgan fingerprint density at radius 1 is 1.29 bits per heavy atom. The van der Waals surface area contributed by atoms with Crippen LogP contribution in [-0.4, -0.2) is 18.7 Å². The summed E-state index contributed by atoms with van der Waals surface area (Å²) in [5.41, 5.74) is 3.26. The van der Waals surface area contributed by atoms with Crippen LogP contribution in [0.25, 0.3) is 0 Å². The van der Waals surface area contributed by atoms with Crippen molar-refractivity contribution in [3.05, 3.63) is 49.7 Å². The first-order valence-electron chi connectivity index (χ1n) is 5.81. The van der Waals surface area contributed by atoms with Gasteiger partial charge in [0.05, 0.1) is 17.2 Å². The van der Waals surface area contributed by atoms with Gasteiger partial charge in [-0.1, -0.05) is 22.0 Å². The molecule has 0 aliphatic rings. The lowest BCUT2D eigenvalue weighted by Gasteiger charge is -2.05. The average molecular weight is 480 g/mol. The maximum Gasteiger partial charge on any atom is 0.259 e. The molecular formula is C13H10Br3N3O2. The van der Waals surface area contributed by atoms with E-state index in [1.54, 1.807) is 6.07 Å². The molecule has 0 atom stereocenters. The summed E-state index contributed by atoms with van der Waals surface area (Å²) < 4.78 is 7.59. The molecule has 0 saturated heterocycles. The number of hydrogen-bond acceptors (Lipinski definition) is 4. The molecule has 0 bridgehead atoms. The Balaban J connectivity index is 1.79. The molecule has 1 aromatic heterocycles. The minimum Gasteiger partial charge on any atom is -0.447 e. The van der Waals surface area contributed by atoms with Gasteiger partial charge in [-0.25, -0.2) is 5.43 Å². The lowest BCUT2D eigenvalue weighted by atomic mass is 10.3. The van der Waals surface area contributed by atoms with E-state index in [2.05, 4.69) is 63.6 Å². The highest BCUT2D eigenvalue weighted by molar-refractivity contribution is 9.13. The highest BCUT2D eigenvalue weighted by atomic mass is 79.9. The first kappa shape index (κ1) is 16.3. The summed E-state index contributed by atoms with van der Waals surface area (Å²) >= 11 is 9.87. The van der Waals surface area contributed by atoms with Crippen LogP contribution >= 0.6 is 47.8 Å². The van der Waals surface area contributed by atoms with E-state index in [0.29, 0.717) is 10.4 Å². The van der Waals surface area contributed by atoms with Gasteiger partial charge in [0, 0.05) is 16.2 Å². The summed E-state index contributed by atoms with van der Waals surface area (Å²) in [7, 11) is 0. The summed E-state index contributed by atoms with van der Waals surface area (Å²) in [6.45, 7) is 0.124. The Labute approximate surface area is 146 Å². The van der Waals surface area contributed by atoms with Gasteiger partial charge in [-0.15, -0.1) is 0 Å². The van der Waals surface area contributed by atoms with Crippen molar-refractivity contribution in [1.29, 1.82) is 0 Å². The largest absolute Gasteiger partial charge is 0.447 e. The molecule has 2 rings (SSSR count). The Kier molecular flexibility index (Phi) is 6.01. The molecule has 2 aromatic rings. The number of amides is 1. The third-order valence-corrected chi connectivity index (χ3v) is 4.53.